The minimum atomic E-state index is -0.131. The summed E-state index contributed by atoms with van der Waals surface area (Å²) in [5.41, 5.74) is 2.82. The maximum atomic E-state index is 5.98. The smallest absolute Gasteiger partial charge is 0.225 e. The number of rotatable bonds is 4. The number of anilines is 3. The number of ether oxygens (including phenoxy) is 1. The Balaban J connectivity index is 1.52. The molecule has 1 aliphatic rings. The molecule has 0 amide bonds. The van der Waals surface area contributed by atoms with Crippen molar-refractivity contribution < 1.29 is 4.74 Å². The standard InChI is InChI=1S/C20H22N6O/c1-14-12-15(2)23-20(22-14)26-10-11-27-17(13-26)16-6-5-8-19(24-16)25-18-7-3-4-9-21-18/h3-9,12,17H,10-11,13H2,1-2H3,(H,21,24,25). The number of hydrogen-bond acceptors (Lipinski definition) is 7. The fraction of sp³-hybridized carbons (Fsp3) is 0.300. The number of hydrogen-bond donors (Lipinski definition) is 1. The molecule has 1 N–H and O–H groups in total. The van der Waals surface area contributed by atoms with Crippen LogP contribution in [-0.2, 0) is 4.74 Å². The third kappa shape index (κ3) is 4.20. The molecule has 0 radical (unpaired) electrons. The maximum absolute atomic E-state index is 5.98. The summed E-state index contributed by atoms with van der Waals surface area (Å²) in [7, 11) is 0. The van der Waals surface area contributed by atoms with Crippen molar-refractivity contribution in [2.75, 3.05) is 29.9 Å². The van der Waals surface area contributed by atoms with Gasteiger partial charge in [-0.2, -0.15) is 0 Å². The van der Waals surface area contributed by atoms with E-state index in [1.54, 1.807) is 6.20 Å². The third-order valence-corrected chi connectivity index (χ3v) is 4.34. The fourth-order valence-electron chi connectivity index (χ4n) is 3.13. The van der Waals surface area contributed by atoms with E-state index in [1.165, 1.54) is 0 Å². The van der Waals surface area contributed by atoms with E-state index in [0.29, 0.717) is 13.2 Å². The van der Waals surface area contributed by atoms with Crippen molar-refractivity contribution in [2.45, 2.75) is 20.0 Å². The highest BCUT2D eigenvalue weighted by Crippen LogP contribution is 2.25. The Labute approximate surface area is 158 Å². The van der Waals surface area contributed by atoms with Crippen LogP contribution < -0.4 is 10.2 Å². The molecule has 0 spiro atoms. The molecule has 1 aliphatic heterocycles. The first kappa shape index (κ1) is 17.4. The Hall–Kier alpha value is -3.06. The number of morpholine rings is 1. The molecule has 0 aliphatic carbocycles. The lowest BCUT2D eigenvalue weighted by Gasteiger charge is -2.33. The van der Waals surface area contributed by atoms with Crippen LogP contribution in [0.5, 0.6) is 0 Å². The Kier molecular flexibility index (Phi) is 4.93. The van der Waals surface area contributed by atoms with E-state index < -0.39 is 0 Å². The van der Waals surface area contributed by atoms with E-state index in [4.69, 9.17) is 9.72 Å². The topological polar surface area (TPSA) is 76.1 Å². The Morgan fingerprint density at radius 1 is 1.00 bits per heavy atom. The first-order valence-corrected chi connectivity index (χ1v) is 9.01. The molecule has 1 saturated heterocycles. The zero-order valence-electron chi connectivity index (χ0n) is 15.5. The first-order chi connectivity index (χ1) is 13.2. The van der Waals surface area contributed by atoms with Crippen molar-refractivity contribution in [1.82, 2.24) is 19.9 Å². The molecule has 7 nitrogen and oxygen atoms in total. The van der Waals surface area contributed by atoms with Crippen molar-refractivity contribution in [2.24, 2.45) is 0 Å². The van der Waals surface area contributed by atoms with E-state index in [2.05, 4.69) is 25.2 Å². The van der Waals surface area contributed by atoms with Gasteiger partial charge in [0, 0.05) is 24.1 Å². The number of nitrogens with one attached hydrogen (secondary N) is 1. The number of aromatic nitrogens is 4. The van der Waals surface area contributed by atoms with Crippen LogP contribution in [0.3, 0.4) is 0 Å². The second kappa shape index (κ2) is 7.67. The summed E-state index contributed by atoms with van der Waals surface area (Å²) in [4.78, 5) is 20.3. The molecule has 4 heterocycles. The van der Waals surface area contributed by atoms with Crippen molar-refractivity contribution in [3.05, 3.63) is 65.7 Å². The van der Waals surface area contributed by atoms with Crippen LogP contribution in [-0.4, -0.2) is 39.6 Å². The van der Waals surface area contributed by atoms with Gasteiger partial charge < -0.3 is 15.0 Å². The van der Waals surface area contributed by atoms with Crippen LogP contribution in [0.15, 0.2) is 48.7 Å². The lowest BCUT2D eigenvalue weighted by Crippen LogP contribution is -2.39. The molecule has 1 unspecified atom stereocenters. The SMILES string of the molecule is Cc1cc(C)nc(N2CCOC(c3cccc(Nc4ccccn4)n3)C2)n1. The summed E-state index contributed by atoms with van der Waals surface area (Å²) in [6, 6.07) is 13.6. The quantitative estimate of drug-likeness (QED) is 0.764. The number of pyridine rings is 2. The molecule has 1 fully saturated rings. The van der Waals surface area contributed by atoms with Gasteiger partial charge in [-0.3, -0.25) is 0 Å². The Morgan fingerprint density at radius 2 is 1.81 bits per heavy atom. The molecule has 3 aromatic rings. The molecule has 1 atom stereocenters. The maximum Gasteiger partial charge on any atom is 0.225 e. The molecule has 3 aromatic heterocycles. The van der Waals surface area contributed by atoms with Gasteiger partial charge in [-0.15, -0.1) is 0 Å². The minimum Gasteiger partial charge on any atom is -0.368 e. The monoisotopic (exact) mass is 362 g/mol. The molecule has 0 bridgehead atoms. The summed E-state index contributed by atoms with van der Waals surface area (Å²) in [5, 5.41) is 3.23. The second-order valence-electron chi connectivity index (χ2n) is 6.54. The summed E-state index contributed by atoms with van der Waals surface area (Å²) in [6.07, 6.45) is 1.62. The lowest BCUT2D eigenvalue weighted by molar-refractivity contribution is 0.0365. The Bertz CT molecular complexity index is 897. The first-order valence-electron chi connectivity index (χ1n) is 9.01. The molecular weight excluding hydrogens is 340 g/mol. The van der Waals surface area contributed by atoms with Gasteiger partial charge >= 0.3 is 0 Å². The highest BCUT2D eigenvalue weighted by molar-refractivity contribution is 5.51. The van der Waals surface area contributed by atoms with Gasteiger partial charge in [0.15, 0.2) is 0 Å². The largest absolute Gasteiger partial charge is 0.368 e. The molecule has 138 valence electrons. The van der Waals surface area contributed by atoms with Gasteiger partial charge in [0.2, 0.25) is 5.95 Å². The van der Waals surface area contributed by atoms with Crippen LogP contribution in [0, 0.1) is 13.8 Å². The zero-order chi connectivity index (χ0) is 18.6. The third-order valence-electron chi connectivity index (χ3n) is 4.34. The molecule has 0 saturated carbocycles. The van der Waals surface area contributed by atoms with E-state index in [-0.39, 0.29) is 6.10 Å². The van der Waals surface area contributed by atoms with E-state index >= 15 is 0 Å². The predicted molar refractivity (Wildman–Crippen MR) is 104 cm³/mol. The molecule has 4 rings (SSSR count). The van der Waals surface area contributed by atoms with Crippen LogP contribution in [0.1, 0.15) is 23.2 Å². The fourth-order valence-corrected chi connectivity index (χ4v) is 3.13. The lowest BCUT2D eigenvalue weighted by atomic mass is 10.2. The highest BCUT2D eigenvalue weighted by atomic mass is 16.5. The van der Waals surface area contributed by atoms with Gasteiger partial charge in [-0.1, -0.05) is 12.1 Å². The van der Waals surface area contributed by atoms with Gasteiger partial charge in [-0.25, -0.2) is 19.9 Å². The van der Waals surface area contributed by atoms with E-state index in [9.17, 15) is 0 Å². The summed E-state index contributed by atoms with van der Waals surface area (Å²) < 4.78 is 5.98. The highest BCUT2D eigenvalue weighted by Gasteiger charge is 2.25. The van der Waals surface area contributed by atoms with Gasteiger partial charge in [0.05, 0.1) is 18.8 Å². The summed E-state index contributed by atoms with van der Waals surface area (Å²) >= 11 is 0. The van der Waals surface area contributed by atoms with Crippen molar-refractivity contribution in [3.8, 4) is 0 Å². The van der Waals surface area contributed by atoms with E-state index in [1.807, 2.05) is 56.3 Å². The van der Waals surface area contributed by atoms with Gasteiger partial charge in [-0.05, 0) is 44.2 Å². The van der Waals surface area contributed by atoms with E-state index in [0.717, 1.165) is 41.2 Å². The second-order valence-corrected chi connectivity index (χ2v) is 6.54. The van der Waals surface area contributed by atoms with Gasteiger partial charge in [0.1, 0.15) is 17.7 Å². The van der Waals surface area contributed by atoms with Crippen molar-refractivity contribution >= 4 is 17.6 Å². The zero-order valence-corrected chi connectivity index (χ0v) is 15.5. The average Bonchev–Trinajstić information content (AvgIpc) is 2.68. The van der Waals surface area contributed by atoms with Crippen LogP contribution in [0.25, 0.3) is 0 Å². The van der Waals surface area contributed by atoms with Crippen LogP contribution in [0.4, 0.5) is 17.6 Å². The van der Waals surface area contributed by atoms with Crippen molar-refractivity contribution in [3.63, 3.8) is 0 Å². The normalized spacial score (nSPS) is 17.0. The van der Waals surface area contributed by atoms with Crippen molar-refractivity contribution in [1.29, 1.82) is 0 Å². The molecular formula is C20H22N6O. The Morgan fingerprint density at radius 3 is 2.59 bits per heavy atom. The summed E-state index contributed by atoms with van der Waals surface area (Å²) in [5.74, 6) is 2.26. The minimum absolute atomic E-state index is 0.131. The molecule has 7 heteroatoms. The number of nitrogens with zero attached hydrogens (tertiary/aromatic N) is 5. The predicted octanol–water partition coefficient (Wildman–Crippen LogP) is 3.20. The van der Waals surface area contributed by atoms with Crippen LogP contribution >= 0.6 is 0 Å². The average molecular weight is 362 g/mol. The molecule has 27 heavy (non-hydrogen) atoms. The number of aryl methyl sites for hydroxylation is 2. The van der Waals surface area contributed by atoms with Crippen LogP contribution in [0.2, 0.25) is 0 Å². The van der Waals surface area contributed by atoms with Gasteiger partial charge in [0.25, 0.3) is 0 Å². The summed E-state index contributed by atoms with van der Waals surface area (Å²) in [6.45, 7) is 6.03. The molecule has 0 aromatic carbocycles.